The molecular formula is C27H29N3O7S2. The van der Waals surface area contributed by atoms with Gasteiger partial charge in [0.2, 0.25) is 12.2 Å². The summed E-state index contributed by atoms with van der Waals surface area (Å²) in [5.74, 6) is -1.65. The van der Waals surface area contributed by atoms with Gasteiger partial charge in [-0.15, -0.1) is 23.1 Å². The van der Waals surface area contributed by atoms with Crippen LogP contribution in [0.4, 0.5) is 4.79 Å². The first-order valence-corrected chi connectivity index (χ1v) is 14.6. The Morgan fingerprint density at radius 2 is 1.97 bits per heavy atom. The van der Waals surface area contributed by atoms with E-state index in [1.54, 1.807) is 25.4 Å². The van der Waals surface area contributed by atoms with Crippen molar-refractivity contribution < 1.29 is 33.7 Å². The van der Waals surface area contributed by atoms with Crippen LogP contribution >= 0.6 is 23.1 Å². The summed E-state index contributed by atoms with van der Waals surface area (Å²) in [6.07, 6.45) is 3.02. The van der Waals surface area contributed by atoms with Crippen molar-refractivity contribution in [2.45, 2.75) is 57.6 Å². The minimum absolute atomic E-state index is 0.0951. The van der Waals surface area contributed by atoms with Gasteiger partial charge >= 0.3 is 12.1 Å². The number of rotatable bonds is 8. The number of fused-ring (bicyclic) bond motifs is 2. The molecule has 1 fully saturated rings. The van der Waals surface area contributed by atoms with E-state index in [-0.39, 0.29) is 23.6 Å². The summed E-state index contributed by atoms with van der Waals surface area (Å²) in [6, 6.07) is 6.69. The molecule has 1 aromatic carbocycles. The second-order valence-corrected chi connectivity index (χ2v) is 11.3. The molecule has 10 nitrogen and oxygen atoms in total. The summed E-state index contributed by atoms with van der Waals surface area (Å²) < 4.78 is 17.9. The van der Waals surface area contributed by atoms with Gasteiger partial charge in [-0.1, -0.05) is 32.0 Å². The first kappa shape index (κ1) is 27.2. The van der Waals surface area contributed by atoms with E-state index < -0.39 is 30.4 Å². The number of thiazole rings is 1. The molecule has 0 spiro atoms. The van der Waals surface area contributed by atoms with Crippen LogP contribution in [0, 0.1) is 11.8 Å². The fraction of sp³-hybridized carbons (Fsp3) is 0.407. The predicted octanol–water partition coefficient (Wildman–Crippen LogP) is 4.35. The molecule has 206 valence electrons. The highest BCUT2D eigenvalue weighted by atomic mass is 32.2. The lowest BCUT2D eigenvalue weighted by molar-refractivity contribution is -0.172. The molecule has 39 heavy (non-hydrogen) atoms. The van der Waals surface area contributed by atoms with Crippen molar-refractivity contribution in [2.24, 2.45) is 11.8 Å². The van der Waals surface area contributed by atoms with Crippen molar-refractivity contribution >= 4 is 51.5 Å². The summed E-state index contributed by atoms with van der Waals surface area (Å²) in [4.78, 5) is 46.5. The fourth-order valence-corrected chi connectivity index (χ4v) is 7.22. The lowest BCUT2D eigenvalue weighted by Gasteiger charge is -2.46. The third kappa shape index (κ3) is 4.70. The zero-order valence-electron chi connectivity index (χ0n) is 22.1. The number of aliphatic hydroxyl groups excluding tert-OH is 1. The number of benzene rings is 1. The number of thioether (sulfide) groups is 1. The Bertz CT molecular complexity index is 1480. The van der Waals surface area contributed by atoms with E-state index in [0.29, 0.717) is 17.7 Å². The third-order valence-electron chi connectivity index (χ3n) is 7.09. The number of para-hydroxylation sites is 1. The summed E-state index contributed by atoms with van der Waals surface area (Å²) in [6.45, 7) is 6.85. The lowest BCUT2D eigenvalue weighted by Crippen LogP contribution is -2.63. The highest BCUT2D eigenvalue weighted by Crippen LogP contribution is 2.52. The number of nitrogens with zero attached hydrogens (tertiary/aromatic N) is 3. The van der Waals surface area contributed by atoms with E-state index in [1.807, 2.05) is 42.8 Å². The van der Waals surface area contributed by atoms with Crippen molar-refractivity contribution in [1.29, 1.82) is 0 Å². The van der Waals surface area contributed by atoms with Gasteiger partial charge in [0.1, 0.15) is 27.6 Å². The average molecular weight is 572 g/mol. The maximum atomic E-state index is 13.5. The molecule has 1 N–H and O–H groups in total. The normalized spacial score (nSPS) is 21.9. The highest BCUT2D eigenvalue weighted by molar-refractivity contribution is 7.98. The van der Waals surface area contributed by atoms with Gasteiger partial charge in [-0.3, -0.25) is 9.20 Å². The molecule has 3 aromatic rings. The second-order valence-electron chi connectivity index (χ2n) is 9.48. The summed E-state index contributed by atoms with van der Waals surface area (Å²) in [7, 11) is 0. The van der Waals surface area contributed by atoms with Gasteiger partial charge in [0.15, 0.2) is 0 Å². The van der Waals surface area contributed by atoms with Crippen LogP contribution in [0.15, 0.2) is 47.5 Å². The maximum absolute atomic E-state index is 13.5. The molecule has 1 saturated heterocycles. The quantitative estimate of drug-likeness (QED) is 0.138. The zero-order chi connectivity index (χ0) is 28.0. The van der Waals surface area contributed by atoms with Crippen LogP contribution < -0.4 is 4.74 Å². The third-order valence-corrected chi connectivity index (χ3v) is 9.04. The molecule has 0 radical (unpaired) electrons. The molecule has 1 unspecified atom stereocenters. The smallest absolute Gasteiger partial charge is 0.421 e. The molecule has 1 amide bonds. The molecule has 0 aliphatic carbocycles. The summed E-state index contributed by atoms with van der Waals surface area (Å²) in [5, 5.41) is 11.1. The van der Waals surface area contributed by atoms with Crippen LogP contribution in [0.3, 0.4) is 0 Å². The van der Waals surface area contributed by atoms with Crippen molar-refractivity contribution in [3.05, 3.63) is 52.9 Å². The van der Waals surface area contributed by atoms with Crippen LogP contribution in [0.1, 0.15) is 38.1 Å². The molecule has 0 saturated carbocycles. The Labute approximate surface area is 233 Å². The first-order valence-electron chi connectivity index (χ1n) is 12.6. The van der Waals surface area contributed by atoms with E-state index >= 15 is 0 Å². The molecule has 5 atom stereocenters. The Balaban J connectivity index is 1.41. The number of aliphatic hydroxyl groups is 1. The SMILES string of the molecule is CCc1ccccc1OC(=O)OC(C)OC(=O)C1=C(c2cn3cnc(SC)c3s2)[C@H](C)[C@@H]2[C@@H]([C@@H](C)O)C(=O)N12. The molecule has 4 heterocycles. The van der Waals surface area contributed by atoms with E-state index in [2.05, 4.69) is 4.98 Å². The first-order chi connectivity index (χ1) is 18.7. The number of carbonyl (C=O) groups is 3. The van der Waals surface area contributed by atoms with Crippen molar-refractivity contribution in [3.8, 4) is 5.75 Å². The summed E-state index contributed by atoms with van der Waals surface area (Å²) >= 11 is 2.98. The molecule has 0 bridgehead atoms. The Hall–Kier alpha value is -3.35. The largest absolute Gasteiger partial charge is 0.516 e. The van der Waals surface area contributed by atoms with Gasteiger partial charge in [-0.2, -0.15) is 0 Å². The number of amides is 1. The maximum Gasteiger partial charge on any atom is 0.516 e. The minimum Gasteiger partial charge on any atom is -0.421 e. The van der Waals surface area contributed by atoms with Gasteiger partial charge in [0, 0.05) is 24.6 Å². The second kappa shape index (κ2) is 10.7. The van der Waals surface area contributed by atoms with Gasteiger partial charge in [0.25, 0.3) is 0 Å². The van der Waals surface area contributed by atoms with E-state index in [0.717, 1.165) is 20.3 Å². The Kier molecular flexibility index (Phi) is 7.45. The van der Waals surface area contributed by atoms with Crippen molar-refractivity contribution in [3.63, 3.8) is 0 Å². The molecule has 12 heteroatoms. The number of imidazole rings is 1. The van der Waals surface area contributed by atoms with Crippen molar-refractivity contribution in [1.82, 2.24) is 14.3 Å². The van der Waals surface area contributed by atoms with E-state index in [4.69, 9.17) is 14.2 Å². The standard InChI is InChI=1S/C27H29N3O7S2/c1-6-16-9-7-8-10-17(16)37-27(34)36-15(4)35-26(33)22-19(13(2)21-20(14(3)31)24(32)30(21)22)18-11-29-12-28-23(38-5)25(29)39-18/h7-15,20-21,31H,6H2,1-5H3/t13-,14+,15?,20+,21+/m0/s1. The summed E-state index contributed by atoms with van der Waals surface area (Å²) in [5.41, 5.74) is 1.57. The molecule has 5 rings (SSSR count). The molecule has 2 aromatic heterocycles. The van der Waals surface area contributed by atoms with E-state index in [9.17, 15) is 19.5 Å². The van der Waals surface area contributed by atoms with Crippen LogP contribution in [-0.2, 0) is 25.5 Å². The number of aryl methyl sites for hydroxylation is 1. The van der Waals surface area contributed by atoms with Gasteiger partial charge < -0.3 is 24.2 Å². The Morgan fingerprint density at radius 1 is 1.23 bits per heavy atom. The minimum atomic E-state index is -1.28. The average Bonchev–Trinajstić information content (AvgIpc) is 3.53. The van der Waals surface area contributed by atoms with Crippen LogP contribution in [0.25, 0.3) is 10.4 Å². The number of hydrogen-bond donors (Lipinski definition) is 1. The predicted molar refractivity (Wildman–Crippen MR) is 145 cm³/mol. The van der Waals surface area contributed by atoms with Crippen LogP contribution in [0.5, 0.6) is 5.75 Å². The monoisotopic (exact) mass is 571 g/mol. The number of β-lactam (4-membered cyclic amide) rings is 1. The fourth-order valence-electron chi connectivity index (χ4n) is 5.30. The number of aromatic nitrogens is 2. The lowest BCUT2D eigenvalue weighted by atomic mass is 9.77. The van der Waals surface area contributed by atoms with Crippen LogP contribution in [0.2, 0.25) is 0 Å². The van der Waals surface area contributed by atoms with Gasteiger partial charge in [0.05, 0.1) is 22.9 Å². The number of esters is 1. The molecular weight excluding hydrogens is 542 g/mol. The Morgan fingerprint density at radius 3 is 2.67 bits per heavy atom. The topological polar surface area (TPSA) is 120 Å². The number of ether oxygens (including phenoxy) is 3. The van der Waals surface area contributed by atoms with Gasteiger partial charge in [-0.25, -0.2) is 14.6 Å². The number of carbonyl (C=O) groups excluding carboxylic acids is 3. The zero-order valence-corrected chi connectivity index (χ0v) is 23.7. The van der Waals surface area contributed by atoms with Crippen molar-refractivity contribution in [2.75, 3.05) is 6.26 Å². The molecule has 2 aliphatic heterocycles. The van der Waals surface area contributed by atoms with Gasteiger partial charge in [-0.05, 0) is 31.2 Å². The number of hydrogen-bond acceptors (Lipinski definition) is 10. The van der Waals surface area contributed by atoms with E-state index in [1.165, 1.54) is 34.9 Å². The van der Waals surface area contributed by atoms with Crippen LogP contribution in [-0.4, -0.2) is 62.1 Å². The molecule has 2 aliphatic rings. The highest BCUT2D eigenvalue weighted by Gasteiger charge is 2.60.